The normalized spacial score (nSPS) is 11.1. The summed E-state index contributed by atoms with van der Waals surface area (Å²) in [4.78, 5) is 29.7. The number of amides is 1. The van der Waals surface area contributed by atoms with Gasteiger partial charge in [0.05, 0.1) is 0 Å². The zero-order valence-corrected chi connectivity index (χ0v) is 16.3. The largest absolute Gasteiger partial charge is 0.351 e. The number of hydrogen-bond acceptors (Lipinski definition) is 4. The fourth-order valence-corrected chi connectivity index (χ4v) is 3.72. The highest BCUT2D eigenvalue weighted by Crippen LogP contribution is 2.15. The Morgan fingerprint density at radius 3 is 2.70 bits per heavy atom. The lowest BCUT2D eigenvalue weighted by Gasteiger charge is -2.15. The molecule has 3 aromatic rings. The van der Waals surface area contributed by atoms with Crippen LogP contribution in [0.25, 0.3) is 11.0 Å². The maximum Gasteiger partial charge on any atom is 0.265 e. The van der Waals surface area contributed by atoms with E-state index in [-0.39, 0.29) is 23.1 Å². The average Bonchev–Trinajstić information content (AvgIpc) is 2.67. The van der Waals surface area contributed by atoms with Crippen molar-refractivity contribution in [3.63, 3.8) is 0 Å². The van der Waals surface area contributed by atoms with Crippen LogP contribution < -0.4 is 10.9 Å². The first-order chi connectivity index (χ1) is 13.1. The number of aromatic nitrogens is 2. The monoisotopic (exact) mass is 381 g/mol. The Hall–Kier alpha value is -2.60. The molecule has 0 spiro atoms. The van der Waals surface area contributed by atoms with E-state index < -0.39 is 0 Å². The number of thioether (sulfide) groups is 1. The van der Waals surface area contributed by atoms with E-state index in [0.29, 0.717) is 12.2 Å². The van der Waals surface area contributed by atoms with Crippen LogP contribution in [0.1, 0.15) is 35.8 Å². The molecule has 0 saturated carbocycles. The van der Waals surface area contributed by atoms with Crippen LogP contribution >= 0.6 is 11.8 Å². The van der Waals surface area contributed by atoms with Crippen LogP contribution in [0.5, 0.6) is 0 Å². The predicted molar refractivity (Wildman–Crippen MR) is 111 cm³/mol. The molecule has 0 unspecified atom stereocenters. The van der Waals surface area contributed by atoms with Gasteiger partial charge in [0.1, 0.15) is 11.2 Å². The molecule has 0 atom stereocenters. The number of carbonyl (C=O) groups excluding carboxylic acids is 1. The summed E-state index contributed by atoms with van der Waals surface area (Å²) in [6, 6.07) is 15.4. The molecule has 0 aliphatic heterocycles. The van der Waals surface area contributed by atoms with Gasteiger partial charge in [0, 0.05) is 35.7 Å². The van der Waals surface area contributed by atoms with Crippen molar-refractivity contribution in [2.75, 3.05) is 12.3 Å². The Bertz CT molecular complexity index is 984. The van der Waals surface area contributed by atoms with E-state index in [1.54, 1.807) is 34.7 Å². The van der Waals surface area contributed by atoms with Crippen LogP contribution in [0, 0.1) is 0 Å². The summed E-state index contributed by atoms with van der Waals surface area (Å²) in [5.74, 6) is 1.35. The first-order valence-electron chi connectivity index (χ1n) is 8.98. The highest BCUT2D eigenvalue weighted by molar-refractivity contribution is 7.98. The summed E-state index contributed by atoms with van der Waals surface area (Å²) >= 11 is 1.75. The molecule has 1 aromatic carbocycles. The number of carbonyl (C=O) groups is 1. The van der Waals surface area contributed by atoms with E-state index in [9.17, 15) is 9.59 Å². The van der Waals surface area contributed by atoms with Crippen LogP contribution in [-0.2, 0) is 5.75 Å². The summed E-state index contributed by atoms with van der Waals surface area (Å²) in [6.45, 7) is 4.34. The molecular formula is C21H23N3O2S. The fraction of sp³-hybridized carbons (Fsp3) is 0.286. The summed E-state index contributed by atoms with van der Waals surface area (Å²) in [6.07, 6.45) is 1.66. The first-order valence-corrected chi connectivity index (χ1v) is 10.1. The zero-order chi connectivity index (χ0) is 19.2. The summed E-state index contributed by atoms with van der Waals surface area (Å²) in [5.41, 5.74) is 1.73. The highest BCUT2D eigenvalue weighted by Gasteiger charge is 2.17. The van der Waals surface area contributed by atoms with E-state index in [1.807, 2.05) is 38.1 Å². The van der Waals surface area contributed by atoms with Gasteiger partial charge in [0.15, 0.2) is 0 Å². The van der Waals surface area contributed by atoms with Crippen molar-refractivity contribution in [2.24, 2.45) is 0 Å². The van der Waals surface area contributed by atoms with Gasteiger partial charge in [-0.3, -0.25) is 14.2 Å². The van der Waals surface area contributed by atoms with Gasteiger partial charge in [0.25, 0.3) is 11.5 Å². The number of benzene rings is 1. The lowest BCUT2D eigenvalue weighted by molar-refractivity contribution is 0.0954. The third kappa shape index (κ3) is 4.57. The molecule has 0 bridgehead atoms. The van der Waals surface area contributed by atoms with Crippen LogP contribution in [0.15, 0.2) is 59.5 Å². The van der Waals surface area contributed by atoms with Gasteiger partial charge >= 0.3 is 0 Å². The van der Waals surface area contributed by atoms with Crippen LogP contribution in [-0.4, -0.2) is 27.8 Å². The van der Waals surface area contributed by atoms with Crippen molar-refractivity contribution < 1.29 is 4.79 Å². The van der Waals surface area contributed by atoms with E-state index in [0.717, 1.165) is 16.9 Å². The number of nitrogens with zero attached hydrogens (tertiary/aromatic N) is 2. The second-order valence-electron chi connectivity index (χ2n) is 6.54. The molecule has 6 heteroatoms. The first kappa shape index (κ1) is 19.2. The standard InChI is InChI=1S/C21H23N3O2S/c1-15(2)24-19-17(9-6-10-22-19)13-18(21(24)26)20(25)23-11-12-27-14-16-7-4-3-5-8-16/h3-10,13,15H,11-12,14H2,1-2H3,(H,23,25). The highest BCUT2D eigenvalue weighted by atomic mass is 32.2. The van der Waals surface area contributed by atoms with Crippen LogP contribution in [0.3, 0.4) is 0 Å². The van der Waals surface area contributed by atoms with Crippen molar-refractivity contribution in [2.45, 2.75) is 25.6 Å². The molecule has 2 aromatic heterocycles. The van der Waals surface area contributed by atoms with E-state index in [2.05, 4.69) is 22.4 Å². The lowest BCUT2D eigenvalue weighted by atomic mass is 10.1. The lowest BCUT2D eigenvalue weighted by Crippen LogP contribution is -2.35. The van der Waals surface area contributed by atoms with E-state index in [1.165, 1.54) is 5.56 Å². The van der Waals surface area contributed by atoms with Crippen molar-refractivity contribution in [3.05, 3.63) is 76.2 Å². The minimum Gasteiger partial charge on any atom is -0.351 e. The molecule has 0 aliphatic carbocycles. The van der Waals surface area contributed by atoms with Gasteiger partial charge in [-0.25, -0.2) is 4.98 Å². The number of pyridine rings is 2. The quantitative estimate of drug-likeness (QED) is 0.635. The van der Waals surface area contributed by atoms with E-state index >= 15 is 0 Å². The third-order valence-electron chi connectivity index (χ3n) is 4.20. The van der Waals surface area contributed by atoms with Crippen molar-refractivity contribution in [1.29, 1.82) is 0 Å². The minimum atomic E-state index is -0.333. The van der Waals surface area contributed by atoms with Gasteiger partial charge in [0.2, 0.25) is 0 Å². The zero-order valence-electron chi connectivity index (χ0n) is 15.5. The number of rotatable bonds is 7. The van der Waals surface area contributed by atoms with Gasteiger partial charge in [-0.15, -0.1) is 0 Å². The summed E-state index contributed by atoms with van der Waals surface area (Å²) in [5, 5.41) is 3.65. The smallest absolute Gasteiger partial charge is 0.265 e. The van der Waals surface area contributed by atoms with Crippen molar-refractivity contribution in [1.82, 2.24) is 14.9 Å². The number of nitrogens with one attached hydrogen (secondary N) is 1. The average molecular weight is 382 g/mol. The fourth-order valence-electron chi connectivity index (χ4n) is 2.90. The topological polar surface area (TPSA) is 64.0 Å². The molecule has 1 amide bonds. The number of fused-ring (bicyclic) bond motifs is 1. The molecule has 2 heterocycles. The molecule has 140 valence electrons. The predicted octanol–water partition coefficient (Wildman–Crippen LogP) is 3.64. The van der Waals surface area contributed by atoms with Crippen molar-refractivity contribution in [3.8, 4) is 0 Å². The Balaban J connectivity index is 1.67. The molecule has 27 heavy (non-hydrogen) atoms. The third-order valence-corrected chi connectivity index (χ3v) is 5.23. The second kappa shape index (κ2) is 8.86. The Morgan fingerprint density at radius 2 is 1.96 bits per heavy atom. The van der Waals surface area contributed by atoms with Gasteiger partial charge in [-0.1, -0.05) is 30.3 Å². The van der Waals surface area contributed by atoms with Crippen molar-refractivity contribution >= 4 is 28.7 Å². The molecule has 0 fully saturated rings. The molecule has 5 nitrogen and oxygen atoms in total. The Labute approximate surface area is 162 Å². The number of hydrogen-bond donors (Lipinski definition) is 1. The van der Waals surface area contributed by atoms with Crippen LogP contribution in [0.4, 0.5) is 0 Å². The SMILES string of the molecule is CC(C)n1c(=O)c(C(=O)NCCSCc2ccccc2)cc2cccnc21. The second-order valence-corrected chi connectivity index (χ2v) is 7.64. The molecule has 0 saturated heterocycles. The molecule has 3 rings (SSSR count). The Kier molecular flexibility index (Phi) is 6.29. The van der Waals surface area contributed by atoms with Gasteiger partial charge in [-0.05, 0) is 37.6 Å². The maximum absolute atomic E-state index is 12.8. The van der Waals surface area contributed by atoms with E-state index in [4.69, 9.17) is 0 Å². The Morgan fingerprint density at radius 1 is 1.19 bits per heavy atom. The summed E-state index contributed by atoms with van der Waals surface area (Å²) in [7, 11) is 0. The summed E-state index contributed by atoms with van der Waals surface area (Å²) < 4.78 is 1.58. The molecule has 1 N–H and O–H groups in total. The van der Waals surface area contributed by atoms with Crippen LogP contribution in [0.2, 0.25) is 0 Å². The maximum atomic E-state index is 12.8. The minimum absolute atomic E-state index is 0.0796. The molecule has 0 radical (unpaired) electrons. The van der Waals surface area contributed by atoms with Gasteiger partial charge in [-0.2, -0.15) is 11.8 Å². The molecule has 0 aliphatic rings. The van der Waals surface area contributed by atoms with Gasteiger partial charge < -0.3 is 5.32 Å². The molecular weight excluding hydrogens is 358 g/mol.